The van der Waals surface area contributed by atoms with Crippen molar-refractivity contribution in [1.82, 2.24) is 0 Å². The Labute approximate surface area is 176 Å². The van der Waals surface area contributed by atoms with Gasteiger partial charge in [0.25, 0.3) is 0 Å². The Morgan fingerprint density at radius 2 is 1.79 bits per heavy atom. The summed E-state index contributed by atoms with van der Waals surface area (Å²) in [6.07, 6.45) is 14.0. The number of hydrogen-bond acceptors (Lipinski definition) is 3. The fourth-order valence-electron chi connectivity index (χ4n) is 9.20. The number of hydrogen-bond donors (Lipinski definition) is 0. The maximum atomic E-state index is 11.8. The highest BCUT2D eigenvalue weighted by molar-refractivity contribution is 5.86. The van der Waals surface area contributed by atoms with Crippen molar-refractivity contribution >= 4 is 11.8 Å². The van der Waals surface area contributed by atoms with Crippen molar-refractivity contribution in [3.63, 3.8) is 0 Å². The van der Waals surface area contributed by atoms with Crippen LogP contribution in [0.1, 0.15) is 91.9 Å². The number of allylic oxidation sites excluding steroid dienone is 1. The van der Waals surface area contributed by atoms with Gasteiger partial charge >= 0.3 is 5.97 Å². The van der Waals surface area contributed by atoms with Gasteiger partial charge in [0.2, 0.25) is 0 Å². The first kappa shape index (κ1) is 19.8. The highest BCUT2D eigenvalue weighted by Gasteiger charge is 2.63. The number of fused-ring (bicyclic) bond motifs is 5. The minimum Gasteiger partial charge on any atom is -0.462 e. The summed E-state index contributed by atoms with van der Waals surface area (Å²) in [4.78, 5) is 23.3. The Kier molecular flexibility index (Phi) is 4.40. The molecule has 0 radical (unpaired) electrons. The third-order valence-electron chi connectivity index (χ3n) is 10.4. The molecule has 0 spiro atoms. The highest BCUT2D eigenvalue weighted by atomic mass is 16.5. The predicted molar refractivity (Wildman–Crippen MR) is 113 cm³/mol. The van der Waals surface area contributed by atoms with Gasteiger partial charge in [-0.3, -0.25) is 9.59 Å². The van der Waals surface area contributed by atoms with Gasteiger partial charge in [0.05, 0.1) is 0 Å². The Hall–Kier alpha value is -1.12. The number of carbonyl (C=O) groups is 2. The monoisotopic (exact) mass is 398 g/mol. The molecule has 3 heteroatoms. The fraction of sp³-hybridized carbons (Fsp3) is 0.846. The average molecular weight is 399 g/mol. The van der Waals surface area contributed by atoms with E-state index in [1.54, 1.807) is 5.57 Å². The molecule has 0 aromatic carbocycles. The highest BCUT2D eigenvalue weighted by Crippen LogP contribution is 2.70. The van der Waals surface area contributed by atoms with Crippen LogP contribution in [0.15, 0.2) is 11.6 Å². The second-order valence-electron chi connectivity index (χ2n) is 12.0. The first-order valence-electron chi connectivity index (χ1n) is 12.0. The zero-order chi connectivity index (χ0) is 20.6. The van der Waals surface area contributed by atoms with E-state index in [1.165, 1.54) is 39.0 Å². The number of carbonyl (C=O) groups excluding carboxylic acids is 2. The summed E-state index contributed by atoms with van der Waals surface area (Å²) in [5, 5.41) is 0. The van der Waals surface area contributed by atoms with Crippen LogP contribution < -0.4 is 0 Å². The lowest BCUT2D eigenvalue weighted by Crippen LogP contribution is -2.53. The van der Waals surface area contributed by atoms with Crippen molar-refractivity contribution in [1.29, 1.82) is 0 Å². The molecule has 5 aliphatic carbocycles. The molecule has 0 heterocycles. The largest absolute Gasteiger partial charge is 0.462 e. The van der Waals surface area contributed by atoms with E-state index in [1.807, 2.05) is 0 Å². The van der Waals surface area contributed by atoms with Crippen molar-refractivity contribution in [2.24, 2.45) is 39.9 Å². The van der Waals surface area contributed by atoms with E-state index >= 15 is 0 Å². The Balaban J connectivity index is 1.38. The van der Waals surface area contributed by atoms with Crippen molar-refractivity contribution in [2.45, 2.75) is 98.0 Å². The molecule has 0 N–H and O–H groups in total. The van der Waals surface area contributed by atoms with E-state index in [2.05, 4.69) is 26.8 Å². The first-order chi connectivity index (χ1) is 13.7. The molecule has 3 nitrogen and oxygen atoms in total. The smallest absolute Gasteiger partial charge is 0.302 e. The van der Waals surface area contributed by atoms with Gasteiger partial charge in [0, 0.05) is 26.2 Å². The summed E-state index contributed by atoms with van der Waals surface area (Å²) in [7, 11) is 0. The van der Waals surface area contributed by atoms with E-state index in [0.717, 1.165) is 55.8 Å². The molecule has 0 amide bonds. The van der Waals surface area contributed by atoms with Gasteiger partial charge in [0.1, 0.15) is 11.9 Å². The molecular weight excluding hydrogens is 360 g/mol. The molecule has 0 saturated heterocycles. The zero-order valence-corrected chi connectivity index (χ0v) is 18.8. The molecule has 5 aliphatic rings. The van der Waals surface area contributed by atoms with Crippen LogP contribution in [0.2, 0.25) is 0 Å². The molecule has 4 fully saturated rings. The van der Waals surface area contributed by atoms with Gasteiger partial charge in [-0.25, -0.2) is 0 Å². The second kappa shape index (κ2) is 6.44. The number of ketones is 1. The topological polar surface area (TPSA) is 43.4 Å². The van der Waals surface area contributed by atoms with Crippen molar-refractivity contribution in [3.05, 3.63) is 11.6 Å². The first-order valence-corrected chi connectivity index (χ1v) is 12.0. The normalized spacial score (nSPS) is 47.9. The van der Waals surface area contributed by atoms with Crippen LogP contribution >= 0.6 is 0 Å². The van der Waals surface area contributed by atoms with Crippen LogP contribution in [0.5, 0.6) is 0 Å². The lowest BCUT2D eigenvalue weighted by atomic mass is 9.45. The van der Waals surface area contributed by atoms with Crippen molar-refractivity contribution in [3.8, 4) is 0 Å². The summed E-state index contributed by atoms with van der Waals surface area (Å²) in [6, 6.07) is 0. The van der Waals surface area contributed by atoms with E-state index in [-0.39, 0.29) is 17.5 Å². The Morgan fingerprint density at radius 3 is 2.48 bits per heavy atom. The summed E-state index contributed by atoms with van der Waals surface area (Å²) >= 11 is 0. The molecule has 4 saturated carbocycles. The van der Waals surface area contributed by atoms with Gasteiger partial charge in [0.15, 0.2) is 0 Å². The van der Waals surface area contributed by atoms with Crippen molar-refractivity contribution < 1.29 is 14.3 Å². The maximum Gasteiger partial charge on any atom is 0.302 e. The van der Waals surface area contributed by atoms with Gasteiger partial charge in [-0.15, -0.1) is 0 Å². The quantitative estimate of drug-likeness (QED) is 0.432. The summed E-state index contributed by atoms with van der Waals surface area (Å²) in [5.74, 6) is 3.48. The zero-order valence-electron chi connectivity index (χ0n) is 18.8. The molecule has 0 unspecified atom stereocenters. The minimum absolute atomic E-state index is 0.0872. The molecule has 0 bridgehead atoms. The summed E-state index contributed by atoms with van der Waals surface area (Å²) in [6.45, 7) is 9.03. The van der Waals surface area contributed by atoms with E-state index in [0.29, 0.717) is 16.6 Å². The number of rotatable bonds is 2. The molecule has 0 aromatic rings. The lowest BCUT2D eigenvalue weighted by Gasteiger charge is -2.60. The third kappa shape index (κ3) is 2.82. The van der Waals surface area contributed by atoms with Crippen LogP contribution in [0.25, 0.3) is 0 Å². The fourth-order valence-corrected chi connectivity index (χ4v) is 9.20. The maximum absolute atomic E-state index is 11.8. The van der Waals surface area contributed by atoms with Gasteiger partial charge in [-0.2, -0.15) is 0 Å². The lowest BCUT2D eigenvalue weighted by molar-refractivity contribution is -0.150. The molecular formula is C26H38O3. The van der Waals surface area contributed by atoms with Gasteiger partial charge < -0.3 is 4.74 Å². The van der Waals surface area contributed by atoms with Crippen LogP contribution in [-0.4, -0.2) is 17.9 Å². The number of ether oxygens (including phenoxy) is 1. The summed E-state index contributed by atoms with van der Waals surface area (Å²) in [5.41, 5.74) is 2.57. The molecule has 160 valence electrons. The molecule has 29 heavy (non-hydrogen) atoms. The molecule has 7 atom stereocenters. The molecule has 0 aliphatic heterocycles. The van der Waals surface area contributed by atoms with Crippen LogP contribution in [0.4, 0.5) is 0 Å². The molecule has 5 rings (SSSR count). The minimum atomic E-state index is -0.138. The Bertz CT molecular complexity index is 758. The average Bonchev–Trinajstić information content (AvgIpc) is 2.98. The van der Waals surface area contributed by atoms with E-state index in [9.17, 15) is 9.59 Å². The standard InChI is InChI=1S/C26H38O3/c1-16(27)29-19-9-11-25(3)17(13-19)5-6-20-21-7-8-23(24(2)14-18(28)15-24)26(21,4)12-10-22(20)25/h5,19-23H,6-15H2,1-4H3/t19-,20-,21-,22-,23+,25-,26-/m0/s1. The van der Waals surface area contributed by atoms with E-state index < -0.39 is 0 Å². The number of Topliss-reactive ketones (excluding diaryl/α,β-unsaturated/α-hetero) is 1. The van der Waals surface area contributed by atoms with Gasteiger partial charge in [-0.05, 0) is 84.9 Å². The summed E-state index contributed by atoms with van der Waals surface area (Å²) < 4.78 is 5.58. The SMILES string of the molecule is CC(=O)O[C@H]1CC[C@@]2(C)C(=CC[C@H]3[C@@H]4CC[C@H](C5(C)CC(=O)C5)[C@@]4(C)CC[C@@H]32)C1. The van der Waals surface area contributed by atoms with Crippen LogP contribution in [0.3, 0.4) is 0 Å². The third-order valence-corrected chi connectivity index (χ3v) is 10.4. The second-order valence-corrected chi connectivity index (χ2v) is 12.0. The van der Waals surface area contributed by atoms with Crippen molar-refractivity contribution in [2.75, 3.05) is 0 Å². The van der Waals surface area contributed by atoms with Crippen LogP contribution in [-0.2, 0) is 14.3 Å². The van der Waals surface area contributed by atoms with E-state index in [4.69, 9.17) is 4.74 Å². The Morgan fingerprint density at radius 1 is 1.03 bits per heavy atom. The predicted octanol–water partition coefficient (Wildman–Crippen LogP) is 5.87. The van der Waals surface area contributed by atoms with Crippen LogP contribution in [0, 0.1) is 39.9 Å². The van der Waals surface area contributed by atoms with Gasteiger partial charge in [-0.1, -0.05) is 32.4 Å². The molecule has 0 aromatic heterocycles. The number of esters is 1.